The van der Waals surface area contributed by atoms with Crippen LogP contribution in [0, 0.1) is 0 Å². The van der Waals surface area contributed by atoms with E-state index < -0.39 is 17.5 Å². The molecule has 5 nitrogen and oxygen atoms in total. The highest BCUT2D eigenvalue weighted by molar-refractivity contribution is 5.85. The van der Waals surface area contributed by atoms with Gasteiger partial charge in [-0.15, -0.1) is 0 Å². The molecule has 0 saturated carbocycles. The summed E-state index contributed by atoms with van der Waals surface area (Å²) in [5.74, 6) is -1.04. The monoisotopic (exact) mass is 278 g/mol. The van der Waals surface area contributed by atoms with Crippen LogP contribution in [0.25, 0.3) is 0 Å². The Balaban J connectivity index is 2.62. The van der Waals surface area contributed by atoms with Crippen LogP contribution in [0.5, 0.6) is 0 Å². The lowest BCUT2D eigenvalue weighted by Crippen LogP contribution is -2.54. The summed E-state index contributed by atoms with van der Waals surface area (Å²) in [6.45, 7) is 5.66. The van der Waals surface area contributed by atoms with E-state index in [9.17, 15) is 9.59 Å². The van der Waals surface area contributed by atoms with Crippen LogP contribution >= 0.6 is 0 Å². The van der Waals surface area contributed by atoms with Gasteiger partial charge in [-0.3, -0.25) is 0 Å². The molecule has 110 valence electrons. The van der Waals surface area contributed by atoms with Gasteiger partial charge in [0, 0.05) is 6.54 Å². The number of carbonyl (C=O) groups is 2. The van der Waals surface area contributed by atoms with Crippen molar-refractivity contribution in [2.24, 2.45) is 0 Å². The number of urea groups is 1. The van der Waals surface area contributed by atoms with Gasteiger partial charge >= 0.3 is 12.0 Å². The molecule has 1 aromatic rings. The number of benzene rings is 1. The maximum absolute atomic E-state index is 11.8. The summed E-state index contributed by atoms with van der Waals surface area (Å²) in [5, 5.41) is 14.3. The van der Waals surface area contributed by atoms with Crippen LogP contribution in [0.15, 0.2) is 24.3 Å². The lowest BCUT2D eigenvalue weighted by atomic mass is 10.00. The Morgan fingerprint density at radius 3 is 2.30 bits per heavy atom. The Labute approximate surface area is 119 Å². The number of aliphatic carboxylic acids is 1. The molecular weight excluding hydrogens is 256 g/mol. The molecule has 0 radical (unpaired) electrons. The van der Waals surface area contributed by atoms with Gasteiger partial charge in [0.25, 0.3) is 0 Å². The summed E-state index contributed by atoms with van der Waals surface area (Å²) < 4.78 is 0. The summed E-state index contributed by atoms with van der Waals surface area (Å²) in [6.07, 6.45) is 1.21. The first kappa shape index (κ1) is 16.0. The van der Waals surface area contributed by atoms with Gasteiger partial charge in [0.2, 0.25) is 0 Å². The molecule has 0 saturated heterocycles. The highest BCUT2D eigenvalue weighted by atomic mass is 16.4. The zero-order valence-electron chi connectivity index (χ0n) is 12.2. The fourth-order valence-corrected chi connectivity index (χ4v) is 1.84. The second kappa shape index (κ2) is 6.93. The molecule has 0 fully saturated rings. The quantitative estimate of drug-likeness (QED) is 0.747. The Hall–Kier alpha value is -2.04. The van der Waals surface area contributed by atoms with Gasteiger partial charge in [-0.2, -0.15) is 0 Å². The number of carboxylic acids is 1. The molecule has 20 heavy (non-hydrogen) atoms. The first-order valence-electron chi connectivity index (χ1n) is 6.79. The first-order valence-corrected chi connectivity index (χ1v) is 6.79. The molecule has 2 amide bonds. The third kappa shape index (κ3) is 3.98. The number of hydrogen-bond donors (Lipinski definition) is 3. The number of rotatable bonds is 6. The van der Waals surface area contributed by atoms with Crippen LogP contribution in [-0.2, 0) is 17.8 Å². The van der Waals surface area contributed by atoms with Crippen molar-refractivity contribution in [1.82, 2.24) is 10.6 Å². The van der Waals surface area contributed by atoms with Gasteiger partial charge in [-0.25, -0.2) is 9.59 Å². The van der Waals surface area contributed by atoms with E-state index >= 15 is 0 Å². The molecule has 0 bridgehead atoms. The van der Waals surface area contributed by atoms with Gasteiger partial charge in [-0.05, 0) is 30.9 Å². The molecule has 0 aromatic heterocycles. The van der Waals surface area contributed by atoms with Crippen molar-refractivity contribution in [2.75, 3.05) is 0 Å². The summed E-state index contributed by atoms with van der Waals surface area (Å²) in [6, 6.07) is 7.38. The van der Waals surface area contributed by atoms with Crippen molar-refractivity contribution in [3.63, 3.8) is 0 Å². The number of aryl methyl sites for hydroxylation is 1. The predicted octanol–water partition coefficient (Wildman–Crippen LogP) is 2.30. The Morgan fingerprint density at radius 2 is 1.80 bits per heavy atom. The highest BCUT2D eigenvalue weighted by Gasteiger charge is 2.32. The Bertz CT molecular complexity index is 488. The second-order valence-corrected chi connectivity index (χ2v) is 4.92. The average molecular weight is 278 g/mol. The number of amides is 2. The van der Waals surface area contributed by atoms with Crippen molar-refractivity contribution in [3.8, 4) is 0 Å². The van der Waals surface area contributed by atoms with Gasteiger partial charge in [0.05, 0.1) is 0 Å². The van der Waals surface area contributed by atoms with E-state index in [4.69, 9.17) is 5.11 Å². The molecule has 1 aromatic carbocycles. The lowest BCUT2D eigenvalue weighted by Gasteiger charge is -2.24. The summed E-state index contributed by atoms with van der Waals surface area (Å²) in [7, 11) is 0. The summed E-state index contributed by atoms with van der Waals surface area (Å²) in [4.78, 5) is 22.9. The molecule has 1 unspecified atom stereocenters. The summed E-state index contributed by atoms with van der Waals surface area (Å²) in [5.41, 5.74) is 0.969. The van der Waals surface area contributed by atoms with E-state index in [1.807, 2.05) is 24.3 Å². The van der Waals surface area contributed by atoms with Gasteiger partial charge in [-0.1, -0.05) is 38.1 Å². The van der Waals surface area contributed by atoms with Gasteiger partial charge < -0.3 is 15.7 Å². The second-order valence-electron chi connectivity index (χ2n) is 4.92. The SMILES string of the molecule is CCc1ccccc1CNC(=O)NC(C)(CC)C(=O)O. The standard InChI is InChI=1S/C15H22N2O3/c1-4-11-8-6-7-9-12(11)10-16-14(20)17-15(3,5-2)13(18)19/h6-9H,4-5,10H2,1-3H3,(H,18,19)(H2,16,17,20). The molecule has 0 aliphatic carbocycles. The smallest absolute Gasteiger partial charge is 0.329 e. The van der Waals surface area contributed by atoms with E-state index in [1.54, 1.807) is 6.92 Å². The number of nitrogens with one attached hydrogen (secondary N) is 2. The first-order chi connectivity index (χ1) is 9.42. The zero-order valence-corrected chi connectivity index (χ0v) is 12.2. The third-order valence-electron chi connectivity index (χ3n) is 3.51. The van der Waals surface area contributed by atoms with Crippen LogP contribution in [0.2, 0.25) is 0 Å². The van der Waals surface area contributed by atoms with Crippen LogP contribution in [0.1, 0.15) is 38.3 Å². The predicted molar refractivity (Wildman–Crippen MR) is 77.5 cm³/mol. The molecular formula is C15H22N2O3. The van der Waals surface area contributed by atoms with Gasteiger partial charge in [0.15, 0.2) is 0 Å². The molecule has 0 aliphatic heterocycles. The topological polar surface area (TPSA) is 78.4 Å². The van der Waals surface area contributed by atoms with E-state index in [0.717, 1.165) is 12.0 Å². The minimum absolute atomic E-state index is 0.321. The Kier molecular flexibility index (Phi) is 5.55. The van der Waals surface area contributed by atoms with Crippen LogP contribution < -0.4 is 10.6 Å². The maximum atomic E-state index is 11.8. The van der Waals surface area contributed by atoms with Crippen LogP contribution in [-0.4, -0.2) is 22.6 Å². The minimum atomic E-state index is -1.24. The number of hydrogen-bond acceptors (Lipinski definition) is 2. The normalized spacial score (nSPS) is 13.3. The lowest BCUT2D eigenvalue weighted by molar-refractivity contribution is -0.143. The average Bonchev–Trinajstić information content (AvgIpc) is 2.45. The number of carbonyl (C=O) groups excluding carboxylic acids is 1. The molecule has 3 N–H and O–H groups in total. The largest absolute Gasteiger partial charge is 0.480 e. The Morgan fingerprint density at radius 1 is 1.20 bits per heavy atom. The van der Waals surface area contributed by atoms with Gasteiger partial charge in [0.1, 0.15) is 5.54 Å². The van der Waals surface area contributed by atoms with Crippen molar-refractivity contribution in [1.29, 1.82) is 0 Å². The highest BCUT2D eigenvalue weighted by Crippen LogP contribution is 2.10. The van der Waals surface area contributed by atoms with Crippen LogP contribution in [0.3, 0.4) is 0 Å². The van der Waals surface area contributed by atoms with E-state index in [1.165, 1.54) is 12.5 Å². The molecule has 0 heterocycles. The van der Waals surface area contributed by atoms with Crippen molar-refractivity contribution < 1.29 is 14.7 Å². The molecule has 1 atom stereocenters. The van der Waals surface area contributed by atoms with Crippen molar-refractivity contribution >= 4 is 12.0 Å². The fourth-order valence-electron chi connectivity index (χ4n) is 1.84. The molecule has 1 rings (SSSR count). The maximum Gasteiger partial charge on any atom is 0.329 e. The van der Waals surface area contributed by atoms with Crippen LogP contribution in [0.4, 0.5) is 4.79 Å². The van der Waals surface area contributed by atoms with E-state index in [-0.39, 0.29) is 0 Å². The molecule has 0 spiro atoms. The zero-order chi connectivity index (χ0) is 15.2. The summed E-state index contributed by atoms with van der Waals surface area (Å²) >= 11 is 0. The third-order valence-corrected chi connectivity index (χ3v) is 3.51. The van der Waals surface area contributed by atoms with Crippen molar-refractivity contribution in [3.05, 3.63) is 35.4 Å². The molecule has 5 heteroatoms. The minimum Gasteiger partial charge on any atom is -0.480 e. The van der Waals surface area contributed by atoms with E-state index in [0.29, 0.717) is 13.0 Å². The van der Waals surface area contributed by atoms with Crippen molar-refractivity contribution in [2.45, 2.75) is 45.7 Å². The number of carboxylic acid groups (broad SMARTS) is 1. The van der Waals surface area contributed by atoms with E-state index in [2.05, 4.69) is 17.6 Å². The molecule has 0 aliphatic rings. The fraction of sp³-hybridized carbons (Fsp3) is 0.467.